The van der Waals surface area contributed by atoms with Crippen LogP contribution in [0.25, 0.3) is 0 Å². The van der Waals surface area contributed by atoms with Gasteiger partial charge in [0.2, 0.25) is 0 Å². The summed E-state index contributed by atoms with van der Waals surface area (Å²) in [5.74, 6) is -1.64. The van der Waals surface area contributed by atoms with Gasteiger partial charge >= 0.3 is 6.03 Å². The highest BCUT2D eigenvalue weighted by Gasteiger charge is 2.30. The van der Waals surface area contributed by atoms with Crippen LogP contribution in [-0.4, -0.2) is 39.8 Å². The summed E-state index contributed by atoms with van der Waals surface area (Å²) in [5, 5.41) is 9.11. The van der Waals surface area contributed by atoms with Crippen molar-refractivity contribution in [2.45, 2.75) is 25.3 Å². The van der Waals surface area contributed by atoms with Crippen molar-refractivity contribution in [2.75, 3.05) is 19.0 Å². The van der Waals surface area contributed by atoms with Crippen molar-refractivity contribution >= 4 is 11.7 Å². The van der Waals surface area contributed by atoms with E-state index >= 15 is 0 Å². The van der Waals surface area contributed by atoms with E-state index < -0.39 is 23.4 Å². The second-order valence-corrected chi connectivity index (χ2v) is 5.48. The second-order valence-electron chi connectivity index (χ2n) is 5.48. The fraction of sp³-hybridized carbons (Fsp3) is 0.400. The Morgan fingerprint density at radius 2 is 2.12 bits per heavy atom. The SMILES string of the molecule is COc1c(F)cc(NC(=O)N2CCCC[C@@H]2c2ncn[nH]2)cc1F. The Balaban J connectivity index is 1.78. The van der Waals surface area contributed by atoms with Crippen molar-refractivity contribution in [3.05, 3.63) is 35.9 Å². The van der Waals surface area contributed by atoms with Gasteiger partial charge in [-0.25, -0.2) is 18.6 Å². The largest absolute Gasteiger partial charge is 0.491 e. The number of hydrogen-bond donors (Lipinski definition) is 2. The number of likely N-dealkylation sites (tertiary alicyclic amines) is 1. The summed E-state index contributed by atoms with van der Waals surface area (Å²) in [6.45, 7) is 0.526. The molecule has 2 amide bonds. The van der Waals surface area contributed by atoms with Crippen molar-refractivity contribution < 1.29 is 18.3 Å². The van der Waals surface area contributed by atoms with Gasteiger partial charge in [0.05, 0.1) is 13.2 Å². The number of nitrogens with zero attached hydrogens (tertiary/aromatic N) is 3. The van der Waals surface area contributed by atoms with Crippen molar-refractivity contribution in [3.63, 3.8) is 0 Å². The van der Waals surface area contributed by atoms with Crippen molar-refractivity contribution in [1.82, 2.24) is 20.1 Å². The number of hydrogen-bond acceptors (Lipinski definition) is 4. The van der Waals surface area contributed by atoms with Crippen LogP contribution >= 0.6 is 0 Å². The number of halogens is 2. The van der Waals surface area contributed by atoms with Crippen LogP contribution in [0, 0.1) is 11.6 Å². The topological polar surface area (TPSA) is 83.1 Å². The molecule has 1 aromatic heterocycles. The summed E-state index contributed by atoms with van der Waals surface area (Å²) >= 11 is 0. The molecule has 0 saturated carbocycles. The summed E-state index contributed by atoms with van der Waals surface area (Å²) in [7, 11) is 1.18. The molecular formula is C15H17F2N5O2. The number of amides is 2. The monoisotopic (exact) mass is 337 g/mol. The van der Waals surface area contributed by atoms with Gasteiger partial charge in [0.25, 0.3) is 0 Å². The average Bonchev–Trinajstić information content (AvgIpc) is 3.09. The number of H-pyrrole nitrogens is 1. The van der Waals surface area contributed by atoms with Gasteiger partial charge in [0, 0.05) is 24.4 Å². The van der Waals surface area contributed by atoms with Gasteiger partial charge in [-0.2, -0.15) is 5.10 Å². The number of rotatable bonds is 3. The highest BCUT2D eigenvalue weighted by atomic mass is 19.1. The van der Waals surface area contributed by atoms with Gasteiger partial charge < -0.3 is 15.0 Å². The maximum Gasteiger partial charge on any atom is 0.322 e. The number of anilines is 1. The van der Waals surface area contributed by atoms with Crippen molar-refractivity contribution in [3.8, 4) is 5.75 Å². The maximum absolute atomic E-state index is 13.8. The molecule has 0 radical (unpaired) electrons. The molecule has 1 aromatic carbocycles. The third-order valence-electron chi connectivity index (χ3n) is 3.97. The van der Waals surface area contributed by atoms with E-state index in [1.165, 1.54) is 13.4 Å². The first-order valence-corrected chi connectivity index (χ1v) is 7.56. The quantitative estimate of drug-likeness (QED) is 0.902. The molecule has 0 bridgehead atoms. The summed E-state index contributed by atoms with van der Waals surface area (Å²) in [6, 6.07) is 1.36. The zero-order valence-corrected chi connectivity index (χ0v) is 13.1. The predicted octanol–water partition coefficient (Wildman–Crippen LogP) is 2.85. The summed E-state index contributed by atoms with van der Waals surface area (Å²) in [6.07, 6.45) is 3.94. The lowest BCUT2D eigenvalue weighted by atomic mass is 10.0. The van der Waals surface area contributed by atoms with E-state index in [2.05, 4.69) is 25.2 Å². The highest BCUT2D eigenvalue weighted by Crippen LogP contribution is 2.30. The minimum absolute atomic E-state index is 0.0256. The third kappa shape index (κ3) is 3.15. The Labute approximate surface area is 137 Å². The predicted molar refractivity (Wildman–Crippen MR) is 81.6 cm³/mol. The van der Waals surface area contributed by atoms with E-state index in [1.54, 1.807) is 4.90 Å². The van der Waals surface area contributed by atoms with Crippen LogP contribution in [0.2, 0.25) is 0 Å². The van der Waals surface area contributed by atoms with Gasteiger partial charge in [0.15, 0.2) is 17.4 Å². The highest BCUT2D eigenvalue weighted by molar-refractivity contribution is 5.89. The molecule has 1 saturated heterocycles. The van der Waals surface area contributed by atoms with Crippen molar-refractivity contribution in [1.29, 1.82) is 0 Å². The van der Waals surface area contributed by atoms with E-state index in [0.717, 1.165) is 31.4 Å². The molecule has 128 valence electrons. The summed E-state index contributed by atoms with van der Waals surface area (Å²) in [4.78, 5) is 18.2. The van der Waals surface area contributed by atoms with Crippen molar-refractivity contribution in [2.24, 2.45) is 0 Å². The van der Waals surface area contributed by atoms with Crippen LogP contribution in [0.3, 0.4) is 0 Å². The van der Waals surface area contributed by atoms with Crippen LogP contribution < -0.4 is 10.1 Å². The van der Waals surface area contributed by atoms with Crippen LogP contribution in [0.5, 0.6) is 5.75 Å². The first-order valence-electron chi connectivity index (χ1n) is 7.56. The molecule has 9 heteroatoms. The van der Waals surface area contributed by atoms with E-state index in [4.69, 9.17) is 0 Å². The normalized spacial score (nSPS) is 17.6. The molecule has 2 heterocycles. The molecule has 0 aliphatic carbocycles. The minimum atomic E-state index is -0.877. The minimum Gasteiger partial charge on any atom is -0.491 e. The number of benzene rings is 1. The van der Waals surface area contributed by atoms with Gasteiger partial charge in [-0.15, -0.1) is 0 Å². The molecule has 24 heavy (non-hydrogen) atoms. The van der Waals surface area contributed by atoms with Gasteiger partial charge in [-0.1, -0.05) is 0 Å². The number of piperidine rings is 1. The maximum atomic E-state index is 13.8. The van der Waals surface area contributed by atoms with E-state index in [9.17, 15) is 13.6 Å². The van der Waals surface area contributed by atoms with E-state index in [-0.39, 0.29) is 11.7 Å². The molecule has 3 rings (SSSR count). The Kier molecular flexibility index (Phi) is 4.59. The number of aromatic nitrogens is 3. The number of aromatic amines is 1. The van der Waals surface area contributed by atoms with Gasteiger partial charge in [-0.3, -0.25) is 5.10 Å². The lowest BCUT2D eigenvalue weighted by Gasteiger charge is -2.34. The molecule has 7 nitrogen and oxygen atoms in total. The number of urea groups is 1. The Morgan fingerprint density at radius 1 is 1.38 bits per heavy atom. The van der Waals surface area contributed by atoms with E-state index in [0.29, 0.717) is 12.4 Å². The third-order valence-corrected chi connectivity index (χ3v) is 3.97. The van der Waals surface area contributed by atoms with Crippen LogP contribution in [-0.2, 0) is 0 Å². The van der Waals surface area contributed by atoms with Crippen LogP contribution in [0.1, 0.15) is 31.1 Å². The Bertz CT molecular complexity index is 700. The zero-order chi connectivity index (χ0) is 17.1. The van der Waals surface area contributed by atoms with Gasteiger partial charge in [0.1, 0.15) is 12.2 Å². The summed E-state index contributed by atoms with van der Waals surface area (Å²) in [5.41, 5.74) is 0.0256. The number of methoxy groups -OCH3 is 1. The molecule has 1 aliphatic rings. The summed E-state index contributed by atoms with van der Waals surface area (Å²) < 4.78 is 32.1. The fourth-order valence-electron chi connectivity index (χ4n) is 2.86. The lowest BCUT2D eigenvalue weighted by Crippen LogP contribution is -2.41. The smallest absolute Gasteiger partial charge is 0.322 e. The molecule has 1 aliphatic heterocycles. The number of carbonyl (C=O) groups is 1. The average molecular weight is 337 g/mol. The number of carbonyl (C=O) groups excluding carboxylic acids is 1. The molecule has 2 N–H and O–H groups in total. The molecule has 0 unspecified atom stereocenters. The number of nitrogens with one attached hydrogen (secondary N) is 2. The second kappa shape index (κ2) is 6.81. The lowest BCUT2D eigenvalue weighted by molar-refractivity contribution is 0.159. The van der Waals surface area contributed by atoms with E-state index in [1.807, 2.05) is 0 Å². The molecule has 0 spiro atoms. The fourth-order valence-corrected chi connectivity index (χ4v) is 2.86. The molecule has 2 aromatic rings. The molecular weight excluding hydrogens is 320 g/mol. The Hall–Kier alpha value is -2.71. The first-order chi connectivity index (χ1) is 11.6. The van der Waals surface area contributed by atoms with Crippen LogP contribution in [0.15, 0.2) is 18.5 Å². The number of ether oxygens (including phenoxy) is 1. The molecule has 1 fully saturated rings. The molecule has 1 atom stereocenters. The first kappa shape index (κ1) is 16.2. The standard InChI is InChI=1S/C15H17F2N5O2/c1-24-13-10(16)6-9(7-11(13)17)20-15(23)22-5-3-2-4-12(22)14-18-8-19-21-14/h6-8,12H,2-5H2,1H3,(H,20,23)(H,18,19,21)/t12-/m1/s1. The Morgan fingerprint density at radius 3 is 2.75 bits per heavy atom. The van der Waals surface area contributed by atoms with Crippen LogP contribution in [0.4, 0.5) is 19.3 Å². The van der Waals surface area contributed by atoms with Gasteiger partial charge in [-0.05, 0) is 19.3 Å². The zero-order valence-electron chi connectivity index (χ0n) is 13.1.